The molecule has 0 aromatic heterocycles. The van der Waals surface area contributed by atoms with Crippen molar-refractivity contribution in [3.05, 3.63) is 22.7 Å². The van der Waals surface area contributed by atoms with Gasteiger partial charge in [-0.25, -0.2) is 0 Å². The second-order valence-corrected chi connectivity index (χ2v) is 5.23. The Morgan fingerprint density at radius 2 is 1.72 bits per heavy atom. The maximum atomic E-state index is 6.25. The predicted octanol–water partition coefficient (Wildman–Crippen LogP) is 3.27. The highest BCUT2D eigenvalue weighted by Crippen LogP contribution is 2.34. The van der Waals surface area contributed by atoms with Crippen molar-refractivity contribution in [1.29, 1.82) is 0 Å². The summed E-state index contributed by atoms with van der Waals surface area (Å²) in [7, 11) is 3.23. The SMILES string of the molecule is COc1cc(Cl)c(CC(C)CC(C)N)cc1OC. The number of halogens is 1. The summed E-state index contributed by atoms with van der Waals surface area (Å²) < 4.78 is 10.5. The monoisotopic (exact) mass is 271 g/mol. The molecule has 0 saturated heterocycles. The third-order valence-corrected chi connectivity index (χ3v) is 3.25. The standard InChI is InChI=1S/C14H22ClNO2/c1-9(5-10(2)16)6-11-7-13(17-3)14(18-4)8-12(11)15/h7-10H,5-6,16H2,1-4H3. The fourth-order valence-electron chi connectivity index (χ4n) is 2.15. The van der Waals surface area contributed by atoms with Crippen LogP contribution in [0.15, 0.2) is 12.1 Å². The Balaban J connectivity index is 2.89. The second kappa shape index (κ2) is 6.86. The minimum absolute atomic E-state index is 0.207. The zero-order valence-corrected chi connectivity index (χ0v) is 12.3. The maximum absolute atomic E-state index is 6.25. The molecule has 2 atom stereocenters. The van der Waals surface area contributed by atoms with E-state index in [4.69, 9.17) is 26.8 Å². The first-order chi connectivity index (χ1) is 8.47. The number of benzene rings is 1. The van der Waals surface area contributed by atoms with Crippen molar-refractivity contribution < 1.29 is 9.47 Å². The van der Waals surface area contributed by atoms with E-state index in [-0.39, 0.29) is 6.04 Å². The zero-order chi connectivity index (χ0) is 13.7. The number of rotatable bonds is 6. The van der Waals surface area contributed by atoms with Crippen LogP contribution in [0.4, 0.5) is 0 Å². The van der Waals surface area contributed by atoms with Crippen LogP contribution in [0.1, 0.15) is 25.8 Å². The molecule has 1 rings (SSSR count). The molecule has 0 spiro atoms. The Morgan fingerprint density at radius 1 is 1.17 bits per heavy atom. The van der Waals surface area contributed by atoms with Crippen LogP contribution in [0.2, 0.25) is 5.02 Å². The summed E-state index contributed by atoms with van der Waals surface area (Å²) in [6.07, 6.45) is 1.87. The molecule has 2 unspecified atom stereocenters. The summed E-state index contributed by atoms with van der Waals surface area (Å²) in [5, 5.41) is 0.712. The smallest absolute Gasteiger partial charge is 0.162 e. The van der Waals surface area contributed by atoms with Gasteiger partial charge in [-0.1, -0.05) is 18.5 Å². The number of methoxy groups -OCH3 is 2. The molecule has 0 heterocycles. The minimum Gasteiger partial charge on any atom is -0.493 e. The van der Waals surface area contributed by atoms with Crippen LogP contribution in [0.25, 0.3) is 0 Å². The van der Waals surface area contributed by atoms with Gasteiger partial charge in [-0.05, 0) is 37.3 Å². The van der Waals surface area contributed by atoms with Crippen molar-refractivity contribution in [2.24, 2.45) is 11.7 Å². The fraction of sp³-hybridized carbons (Fsp3) is 0.571. The van der Waals surface area contributed by atoms with Gasteiger partial charge in [-0.15, -0.1) is 0 Å². The first-order valence-corrected chi connectivity index (χ1v) is 6.51. The molecule has 0 aliphatic rings. The highest BCUT2D eigenvalue weighted by Gasteiger charge is 2.13. The van der Waals surface area contributed by atoms with E-state index < -0.39 is 0 Å². The first kappa shape index (κ1) is 15.1. The molecule has 0 aliphatic heterocycles. The molecule has 0 bridgehead atoms. The Bertz CT molecular complexity index is 394. The normalized spacial score (nSPS) is 14.1. The molecule has 4 heteroatoms. The lowest BCUT2D eigenvalue weighted by molar-refractivity contribution is 0.354. The number of nitrogens with two attached hydrogens (primary N) is 1. The lowest BCUT2D eigenvalue weighted by Gasteiger charge is -2.16. The molecule has 102 valence electrons. The highest BCUT2D eigenvalue weighted by atomic mass is 35.5. The van der Waals surface area contributed by atoms with Crippen LogP contribution in [0.5, 0.6) is 11.5 Å². The largest absolute Gasteiger partial charge is 0.493 e. The van der Waals surface area contributed by atoms with Crippen LogP contribution in [-0.2, 0) is 6.42 Å². The second-order valence-electron chi connectivity index (χ2n) is 4.82. The van der Waals surface area contributed by atoms with Gasteiger partial charge in [0, 0.05) is 17.1 Å². The molecule has 1 aromatic rings. The predicted molar refractivity (Wildman–Crippen MR) is 75.7 cm³/mol. The van der Waals surface area contributed by atoms with E-state index in [1.165, 1.54) is 0 Å². The van der Waals surface area contributed by atoms with Crippen molar-refractivity contribution in [2.75, 3.05) is 14.2 Å². The molecule has 18 heavy (non-hydrogen) atoms. The van der Waals surface area contributed by atoms with Gasteiger partial charge in [-0.3, -0.25) is 0 Å². The number of hydrogen-bond acceptors (Lipinski definition) is 3. The maximum Gasteiger partial charge on any atom is 0.162 e. The molecular formula is C14H22ClNO2. The lowest BCUT2D eigenvalue weighted by atomic mass is 9.95. The first-order valence-electron chi connectivity index (χ1n) is 6.13. The molecule has 3 nitrogen and oxygen atoms in total. The Labute approximate surface area is 114 Å². The molecule has 0 radical (unpaired) electrons. The summed E-state index contributed by atoms with van der Waals surface area (Å²) >= 11 is 6.25. The molecule has 0 fully saturated rings. The average molecular weight is 272 g/mol. The van der Waals surface area contributed by atoms with Crippen molar-refractivity contribution >= 4 is 11.6 Å². The molecule has 0 amide bonds. The van der Waals surface area contributed by atoms with Gasteiger partial charge >= 0.3 is 0 Å². The molecular weight excluding hydrogens is 250 g/mol. The third kappa shape index (κ3) is 4.07. The molecule has 0 aliphatic carbocycles. The van der Waals surface area contributed by atoms with Crippen LogP contribution >= 0.6 is 11.6 Å². The van der Waals surface area contributed by atoms with Crippen LogP contribution in [0.3, 0.4) is 0 Å². The third-order valence-electron chi connectivity index (χ3n) is 2.90. The summed E-state index contributed by atoms with van der Waals surface area (Å²) in [6.45, 7) is 4.20. The Morgan fingerprint density at radius 3 is 2.22 bits per heavy atom. The van der Waals surface area contributed by atoms with E-state index in [0.717, 1.165) is 18.4 Å². The number of ether oxygens (including phenoxy) is 2. The van der Waals surface area contributed by atoms with Gasteiger partial charge in [0.1, 0.15) is 0 Å². The summed E-state index contributed by atoms with van der Waals surface area (Å²) in [5.74, 6) is 1.86. The van der Waals surface area contributed by atoms with Crippen molar-refractivity contribution in [3.63, 3.8) is 0 Å². The van der Waals surface area contributed by atoms with Gasteiger partial charge in [-0.2, -0.15) is 0 Å². The lowest BCUT2D eigenvalue weighted by Crippen LogP contribution is -2.19. The van der Waals surface area contributed by atoms with Gasteiger partial charge in [0.05, 0.1) is 14.2 Å². The quantitative estimate of drug-likeness (QED) is 0.864. The van der Waals surface area contributed by atoms with Crippen molar-refractivity contribution in [3.8, 4) is 11.5 Å². The van der Waals surface area contributed by atoms with Crippen molar-refractivity contribution in [1.82, 2.24) is 0 Å². The average Bonchev–Trinajstić information content (AvgIpc) is 2.30. The van der Waals surface area contributed by atoms with E-state index in [0.29, 0.717) is 22.4 Å². The van der Waals surface area contributed by atoms with E-state index in [1.807, 2.05) is 13.0 Å². The van der Waals surface area contributed by atoms with Gasteiger partial charge < -0.3 is 15.2 Å². The summed E-state index contributed by atoms with van der Waals surface area (Å²) in [5.41, 5.74) is 6.88. The highest BCUT2D eigenvalue weighted by molar-refractivity contribution is 6.31. The van der Waals surface area contributed by atoms with Crippen LogP contribution in [0, 0.1) is 5.92 Å². The van der Waals surface area contributed by atoms with E-state index in [2.05, 4.69) is 6.92 Å². The topological polar surface area (TPSA) is 44.5 Å². The molecule has 0 saturated carbocycles. The van der Waals surface area contributed by atoms with Gasteiger partial charge in [0.2, 0.25) is 0 Å². The van der Waals surface area contributed by atoms with Gasteiger partial charge in [0.25, 0.3) is 0 Å². The van der Waals surface area contributed by atoms with E-state index >= 15 is 0 Å². The van der Waals surface area contributed by atoms with E-state index in [1.54, 1.807) is 20.3 Å². The zero-order valence-electron chi connectivity index (χ0n) is 11.5. The summed E-state index contributed by atoms with van der Waals surface area (Å²) in [6, 6.07) is 3.95. The Kier molecular flexibility index (Phi) is 5.76. The van der Waals surface area contributed by atoms with E-state index in [9.17, 15) is 0 Å². The fourth-order valence-corrected chi connectivity index (χ4v) is 2.38. The Hall–Kier alpha value is -0.930. The van der Waals surface area contributed by atoms with Crippen LogP contribution < -0.4 is 15.2 Å². The minimum atomic E-state index is 0.207. The van der Waals surface area contributed by atoms with Gasteiger partial charge in [0.15, 0.2) is 11.5 Å². The molecule has 1 aromatic carbocycles. The van der Waals surface area contributed by atoms with Crippen molar-refractivity contribution in [2.45, 2.75) is 32.7 Å². The number of hydrogen-bond donors (Lipinski definition) is 1. The summed E-state index contributed by atoms with van der Waals surface area (Å²) in [4.78, 5) is 0. The van der Waals surface area contributed by atoms with Crippen LogP contribution in [-0.4, -0.2) is 20.3 Å². The molecule has 2 N–H and O–H groups in total.